The number of fused-ring (bicyclic) bond motifs is 1. The maximum Gasteiger partial charge on any atom is 0.343 e. The first-order valence-corrected chi connectivity index (χ1v) is 9.39. The molecule has 1 aliphatic heterocycles. The molecule has 0 radical (unpaired) electrons. The van der Waals surface area contributed by atoms with Gasteiger partial charge in [-0.05, 0) is 37.3 Å². The van der Waals surface area contributed by atoms with Gasteiger partial charge in [0, 0.05) is 5.56 Å². The van der Waals surface area contributed by atoms with Gasteiger partial charge in [-0.3, -0.25) is 9.59 Å². The van der Waals surface area contributed by atoms with Crippen molar-refractivity contribution < 1.29 is 23.9 Å². The maximum absolute atomic E-state index is 12.6. The molecule has 1 amide bonds. The summed E-state index contributed by atoms with van der Waals surface area (Å²) in [6.45, 7) is 1.07. The van der Waals surface area contributed by atoms with Gasteiger partial charge < -0.3 is 14.8 Å². The van der Waals surface area contributed by atoms with E-state index in [1.165, 1.54) is 16.8 Å². The molecule has 1 aliphatic rings. The van der Waals surface area contributed by atoms with E-state index in [4.69, 9.17) is 21.1 Å². The highest BCUT2D eigenvalue weighted by atomic mass is 35.5. The van der Waals surface area contributed by atoms with Crippen LogP contribution in [0.15, 0.2) is 48.5 Å². The van der Waals surface area contributed by atoms with Gasteiger partial charge in [0.1, 0.15) is 16.5 Å². The Morgan fingerprint density at radius 2 is 2.00 bits per heavy atom. The number of nitrogens with zero attached hydrogens (tertiary/aromatic N) is 2. The molecule has 0 spiro atoms. The Balaban J connectivity index is 1.48. The second kappa shape index (κ2) is 8.00. The summed E-state index contributed by atoms with van der Waals surface area (Å²) in [4.78, 5) is 36.4. The lowest BCUT2D eigenvalue weighted by atomic mass is 10.1. The van der Waals surface area contributed by atoms with E-state index < -0.39 is 18.4 Å². The normalized spacial score (nSPS) is 12.5. The van der Waals surface area contributed by atoms with Crippen molar-refractivity contribution in [3.8, 4) is 11.4 Å². The van der Waals surface area contributed by atoms with Crippen molar-refractivity contribution in [2.75, 3.05) is 18.5 Å². The summed E-state index contributed by atoms with van der Waals surface area (Å²) >= 11 is 6.35. The molecule has 0 atom stereocenters. The molecule has 4 rings (SSSR count). The molecule has 0 bridgehead atoms. The van der Waals surface area contributed by atoms with Crippen LogP contribution in [0.25, 0.3) is 5.69 Å². The average molecular weight is 426 g/mol. The summed E-state index contributed by atoms with van der Waals surface area (Å²) in [5, 5.41) is 7.02. The lowest BCUT2D eigenvalue weighted by molar-refractivity contribution is -0.118. The molecular weight excluding hydrogens is 410 g/mol. The van der Waals surface area contributed by atoms with Crippen LogP contribution in [0.4, 0.5) is 5.69 Å². The number of aromatic nitrogens is 2. The Hall–Kier alpha value is -3.65. The third-order valence-corrected chi connectivity index (χ3v) is 4.83. The van der Waals surface area contributed by atoms with Crippen molar-refractivity contribution in [3.63, 3.8) is 0 Å². The first-order valence-electron chi connectivity index (χ1n) is 9.01. The van der Waals surface area contributed by atoms with Crippen LogP contribution in [0.5, 0.6) is 5.75 Å². The minimum absolute atomic E-state index is 0.0747. The first kappa shape index (κ1) is 19.7. The lowest BCUT2D eigenvalue weighted by Crippen LogP contribution is -2.25. The molecule has 0 saturated heterocycles. The number of esters is 1. The standard InChI is InChI=1S/C21H16ClN3O5/c1-12-19(20(22)25(24-12)14-5-3-2-4-6-14)21(28)30-10-16(26)13-7-8-17-15(9-13)23-18(27)11-29-17/h2-9H,10-11H2,1H3,(H,23,27). The summed E-state index contributed by atoms with van der Waals surface area (Å²) in [6.07, 6.45) is 0. The molecule has 8 nitrogen and oxygen atoms in total. The number of Topliss-reactive ketones (excluding diaryl/α,β-unsaturated/α-hetero) is 1. The Labute approximate surface area is 176 Å². The van der Waals surface area contributed by atoms with Crippen molar-refractivity contribution in [1.29, 1.82) is 0 Å². The fraction of sp³-hybridized carbons (Fsp3) is 0.143. The van der Waals surface area contributed by atoms with Gasteiger partial charge in [0.2, 0.25) is 0 Å². The number of para-hydroxylation sites is 1. The van der Waals surface area contributed by atoms with Crippen LogP contribution in [-0.4, -0.2) is 40.7 Å². The Kier molecular flexibility index (Phi) is 5.24. The second-order valence-corrected chi connectivity index (χ2v) is 6.90. The van der Waals surface area contributed by atoms with Gasteiger partial charge in [-0.25, -0.2) is 9.48 Å². The third-order valence-electron chi connectivity index (χ3n) is 4.48. The van der Waals surface area contributed by atoms with Gasteiger partial charge in [-0.2, -0.15) is 5.10 Å². The number of carbonyl (C=O) groups excluding carboxylic acids is 3. The van der Waals surface area contributed by atoms with E-state index in [0.29, 0.717) is 22.8 Å². The van der Waals surface area contributed by atoms with Crippen LogP contribution >= 0.6 is 11.6 Å². The van der Waals surface area contributed by atoms with Crippen LogP contribution in [0.3, 0.4) is 0 Å². The molecule has 2 aromatic carbocycles. The summed E-state index contributed by atoms with van der Waals surface area (Å²) < 4.78 is 11.9. The van der Waals surface area contributed by atoms with Gasteiger partial charge in [0.25, 0.3) is 5.91 Å². The SMILES string of the molecule is Cc1nn(-c2ccccc2)c(Cl)c1C(=O)OCC(=O)c1ccc2c(c1)NC(=O)CO2. The van der Waals surface area contributed by atoms with E-state index in [1.807, 2.05) is 18.2 Å². The number of carbonyl (C=O) groups is 3. The number of ketones is 1. The molecule has 30 heavy (non-hydrogen) atoms. The minimum Gasteiger partial charge on any atom is -0.482 e. The average Bonchev–Trinajstić information content (AvgIpc) is 3.05. The molecule has 0 fully saturated rings. The number of amides is 1. The molecule has 3 aromatic rings. The topological polar surface area (TPSA) is 99.5 Å². The highest BCUT2D eigenvalue weighted by Crippen LogP contribution is 2.29. The predicted molar refractivity (Wildman–Crippen MR) is 108 cm³/mol. The Bertz CT molecular complexity index is 1160. The first-order chi connectivity index (χ1) is 14.4. The number of nitrogens with one attached hydrogen (secondary N) is 1. The van der Waals surface area contributed by atoms with Crippen LogP contribution in [-0.2, 0) is 9.53 Å². The number of hydrogen-bond acceptors (Lipinski definition) is 6. The van der Waals surface area contributed by atoms with Gasteiger partial charge in [0.15, 0.2) is 19.0 Å². The summed E-state index contributed by atoms with van der Waals surface area (Å²) in [5.74, 6) is -1.02. The monoisotopic (exact) mass is 425 g/mol. The molecule has 1 aromatic heterocycles. The lowest BCUT2D eigenvalue weighted by Gasteiger charge is -2.18. The Morgan fingerprint density at radius 3 is 2.77 bits per heavy atom. The van der Waals surface area contributed by atoms with E-state index in [0.717, 1.165) is 0 Å². The fourth-order valence-electron chi connectivity index (χ4n) is 3.01. The van der Waals surface area contributed by atoms with Gasteiger partial charge in [-0.15, -0.1) is 0 Å². The van der Waals surface area contributed by atoms with Crippen LogP contribution in [0, 0.1) is 6.92 Å². The van der Waals surface area contributed by atoms with E-state index in [1.54, 1.807) is 25.1 Å². The minimum atomic E-state index is -0.748. The van der Waals surface area contributed by atoms with E-state index in [-0.39, 0.29) is 28.8 Å². The highest BCUT2D eigenvalue weighted by molar-refractivity contribution is 6.33. The van der Waals surface area contributed by atoms with Crippen molar-refractivity contribution in [2.45, 2.75) is 6.92 Å². The molecule has 2 heterocycles. The number of halogens is 1. The molecule has 9 heteroatoms. The Morgan fingerprint density at radius 1 is 1.23 bits per heavy atom. The number of aryl methyl sites for hydroxylation is 1. The predicted octanol–water partition coefficient (Wildman–Crippen LogP) is 3.20. The molecular formula is C21H16ClN3O5. The second-order valence-electron chi connectivity index (χ2n) is 6.55. The number of ether oxygens (including phenoxy) is 2. The summed E-state index contributed by atoms with van der Waals surface area (Å²) in [5.41, 5.74) is 1.84. The zero-order valence-corrected chi connectivity index (χ0v) is 16.6. The van der Waals surface area contributed by atoms with E-state index in [2.05, 4.69) is 10.4 Å². The van der Waals surface area contributed by atoms with Crippen molar-refractivity contribution in [2.24, 2.45) is 0 Å². The van der Waals surface area contributed by atoms with Gasteiger partial charge >= 0.3 is 5.97 Å². The van der Waals surface area contributed by atoms with Crippen molar-refractivity contribution >= 4 is 34.9 Å². The largest absolute Gasteiger partial charge is 0.482 e. The smallest absolute Gasteiger partial charge is 0.343 e. The van der Waals surface area contributed by atoms with Gasteiger partial charge in [-0.1, -0.05) is 29.8 Å². The molecule has 1 N–H and O–H groups in total. The van der Waals surface area contributed by atoms with E-state index >= 15 is 0 Å². The molecule has 0 aliphatic carbocycles. The highest BCUT2D eigenvalue weighted by Gasteiger charge is 2.24. The number of rotatable bonds is 5. The maximum atomic E-state index is 12.6. The van der Waals surface area contributed by atoms with Gasteiger partial charge in [0.05, 0.1) is 17.1 Å². The van der Waals surface area contributed by atoms with E-state index in [9.17, 15) is 14.4 Å². The van der Waals surface area contributed by atoms with Crippen LogP contribution < -0.4 is 10.1 Å². The molecule has 152 valence electrons. The fourth-order valence-corrected chi connectivity index (χ4v) is 3.36. The molecule has 0 unspecified atom stereocenters. The summed E-state index contributed by atoms with van der Waals surface area (Å²) in [6, 6.07) is 13.7. The number of anilines is 1. The zero-order valence-electron chi connectivity index (χ0n) is 15.8. The molecule has 0 saturated carbocycles. The van der Waals surface area contributed by atoms with Crippen LogP contribution in [0.1, 0.15) is 26.4 Å². The van der Waals surface area contributed by atoms with Crippen molar-refractivity contribution in [3.05, 3.63) is 70.5 Å². The quantitative estimate of drug-likeness (QED) is 0.497. The number of benzene rings is 2. The van der Waals surface area contributed by atoms with Crippen molar-refractivity contribution in [1.82, 2.24) is 9.78 Å². The third kappa shape index (κ3) is 3.77. The zero-order chi connectivity index (χ0) is 21.3. The van der Waals surface area contributed by atoms with Crippen LogP contribution in [0.2, 0.25) is 5.15 Å². The summed E-state index contributed by atoms with van der Waals surface area (Å²) in [7, 11) is 0. The number of hydrogen-bond donors (Lipinski definition) is 1.